The van der Waals surface area contributed by atoms with Crippen LogP contribution in [0.25, 0.3) is 0 Å². The zero-order valence-corrected chi connectivity index (χ0v) is 21.0. The van der Waals surface area contributed by atoms with Gasteiger partial charge < -0.3 is 20.1 Å². The van der Waals surface area contributed by atoms with Gasteiger partial charge >= 0.3 is 6.09 Å². The number of nitrogens with one attached hydrogen (secondary N) is 1. The van der Waals surface area contributed by atoms with E-state index in [0.717, 1.165) is 37.1 Å². The highest BCUT2D eigenvalue weighted by Crippen LogP contribution is 2.28. The Morgan fingerprint density at radius 1 is 1.24 bits per heavy atom. The van der Waals surface area contributed by atoms with Gasteiger partial charge in [0.25, 0.3) is 0 Å². The largest absolute Gasteiger partial charge is 0.508 e. The summed E-state index contributed by atoms with van der Waals surface area (Å²) in [6.45, 7) is 12.2. The molecular weight excluding hydrogens is 432 g/mol. The molecule has 34 heavy (non-hydrogen) atoms. The van der Waals surface area contributed by atoms with Crippen molar-refractivity contribution in [1.29, 1.82) is 5.26 Å². The lowest BCUT2D eigenvalue weighted by molar-refractivity contribution is -0.128. The van der Waals surface area contributed by atoms with Gasteiger partial charge in [0.2, 0.25) is 5.91 Å². The monoisotopic (exact) mass is 470 g/mol. The number of amides is 2. The Bertz CT molecular complexity index is 926. The van der Waals surface area contributed by atoms with Crippen molar-refractivity contribution < 1.29 is 19.4 Å². The van der Waals surface area contributed by atoms with Gasteiger partial charge in [0.15, 0.2) is 0 Å². The minimum absolute atomic E-state index is 0.0761. The average Bonchev–Trinajstić information content (AvgIpc) is 2.76. The molecule has 0 radical (unpaired) electrons. The normalized spacial score (nSPS) is 20.4. The molecule has 2 aliphatic rings. The van der Waals surface area contributed by atoms with Crippen molar-refractivity contribution >= 4 is 12.0 Å². The van der Waals surface area contributed by atoms with Gasteiger partial charge in [-0.3, -0.25) is 9.69 Å². The van der Waals surface area contributed by atoms with Crippen molar-refractivity contribution in [2.75, 3.05) is 19.6 Å². The SMILES string of the molecule is CC(C)[C@@H](CN1CCC(C#N)CC1)NC(=O)[C@H]1Cc2ccc(O)cc2CN1C(=O)OC(C)(C)C. The number of nitriles is 1. The number of piperidine rings is 1. The molecule has 186 valence electrons. The van der Waals surface area contributed by atoms with E-state index in [2.05, 4.69) is 30.1 Å². The highest BCUT2D eigenvalue weighted by molar-refractivity contribution is 5.87. The third kappa shape index (κ3) is 6.63. The van der Waals surface area contributed by atoms with Crippen molar-refractivity contribution in [2.24, 2.45) is 11.8 Å². The Morgan fingerprint density at radius 3 is 2.50 bits per heavy atom. The Labute approximate surface area is 202 Å². The fourth-order valence-electron chi connectivity index (χ4n) is 4.54. The lowest BCUT2D eigenvalue weighted by atomic mass is 9.92. The topological polar surface area (TPSA) is 106 Å². The van der Waals surface area contributed by atoms with Crippen LogP contribution in [0.4, 0.5) is 4.79 Å². The maximum atomic E-state index is 13.5. The van der Waals surface area contributed by atoms with Crippen LogP contribution in [0.1, 0.15) is 58.6 Å². The van der Waals surface area contributed by atoms with Gasteiger partial charge in [-0.2, -0.15) is 5.26 Å². The van der Waals surface area contributed by atoms with Crippen molar-refractivity contribution in [3.8, 4) is 11.8 Å². The second-order valence-corrected chi connectivity index (χ2v) is 10.8. The first-order valence-electron chi connectivity index (χ1n) is 12.2. The molecule has 1 aromatic carbocycles. The first-order valence-corrected chi connectivity index (χ1v) is 12.2. The summed E-state index contributed by atoms with van der Waals surface area (Å²) < 4.78 is 5.61. The van der Waals surface area contributed by atoms with Crippen molar-refractivity contribution in [1.82, 2.24) is 15.1 Å². The molecule has 0 saturated carbocycles. The molecule has 0 spiro atoms. The van der Waals surface area contributed by atoms with Crippen LogP contribution in [0.2, 0.25) is 0 Å². The molecule has 2 amide bonds. The second kappa shape index (κ2) is 10.6. The van der Waals surface area contributed by atoms with E-state index in [9.17, 15) is 14.7 Å². The molecule has 3 rings (SSSR count). The number of phenolic OH excluding ortho intramolecular Hbond substituents is 1. The van der Waals surface area contributed by atoms with Gasteiger partial charge in [-0.05, 0) is 75.9 Å². The number of hydrogen-bond acceptors (Lipinski definition) is 6. The van der Waals surface area contributed by atoms with Gasteiger partial charge in [0.05, 0.1) is 12.6 Å². The first-order chi connectivity index (χ1) is 16.0. The number of likely N-dealkylation sites (tertiary alicyclic amines) is 1. The average molecular weight is 471 g/mol. The Balaban J connectivity index is 1.76. The van der Waals surface area contributed by atoms with Crippen LogP contribution in [-0.4, -0.2) is 64.2 Å². The Hall–Kier alpha value is -2.79. The molecule has 1 saturated heterocycles. The van der Waals surface area contributed by atoms with E-state index in [0.29, 0.717) is 13.0 Å². The second-order valence-electron chi connectivity index (χ2n) is 10.8. The van der Waals surface area contributed by atoms with Crippen LogP contribution in [0.15, 0.2) is 18.2 Å². The predicted molar refractivity (Wildman–Crippen MR) is 129 cm³/mol. The molecule has 0 aromatic heterocycles. The van der Waals surface area contributed by atoms with Crippen LogP contribution in [-0.2, 0) is 22.5 Å². The number of carbonyl (C=O) groups excluding carboxylic acids is 2. The number of benzene rings is 1. The van der Waals surface area contributed by atoms with Gasteiger partial charge in [0, 0.05) is 24.9 Å². The number of hydrogen-bond donors (Lipinski definition) is 2. The quantitative estimate of drug-likeness (QED) is 0.683. The molecule has 1 aromatic rings. The summed E-state index contributed by atoms with van der Waals surface area (Å²) in [4.78, 5) is 30.4. The van der Waals surface area contributed by atoms with Crippen LogP contribution < -0.4 is 5.32 Å². The van der Waals surface area contributed by atoms with Crippen molar-refractivity contribution in [3.05, 3.63) is 29.3 Å². The van der Waals surface area contributed by atoms with Gasteiger partial charge in [-0.1, -0.05) is 19.9 Å². The number of nitrogens with zero attached hydrogens (tertiary/aromatic N) is 3. The maximum absolute atomic E-state index is 13.5. The summed E-state index contributed by atoms with van der Waals surface area (Å²) >= 11 is 0. The smallest absolute Gasteiger partial charge is 0.411 e. The molecule has 0 aliphatic carbocycles. The zero-order chi connectivity index (χ0) is 25.0. The predicted octanol–water partition coefficient (Wildman–Crippen LogP) is 3.43. The van der Waals surface area contributed by atoms with E-state index in [-0.39, 0.29) is 36.1 Å². The summed E-state index contributed by atoms with van der Waals surface area (Å²) in [5, 5.41) is 22.3. The highest BCUT2D eigenvalue weighted by atomic mass is 16.6. The van der Waals surface area contributed by atoms with E-state index < -0.39 is 17.7 Å². The summed E-state index contributed by atoms with van der Waals surface area (Å²) in [5.41, 5.74) is 1.07. The number of phenols is 1. The number of ether oxygens (including phenoxy) is 1. The van der Waals surface area contributed by atoms with E-state index in [1.165, 1.54) is 4.90 Å². The Morgan fingerprint density at radius 2 is 1.91 bits per heavy atom. The first kappa shape index (κ1) is 25.8. The Kier molecular flexibility index (Phi) is 8.09. The molecule has 1 fully saturated rings. The van der Waals surface area contributed by atoms with Gasteiger partial charge in [-0.15, -0.1) is 0 Å². The van der Waals surface area contributed by atoms with Crippen LogP contribution in [0, 0.1) is 23.2 Å². The minimum Gasteiger partial charge on any atom is -0.508 e. The lowest BCUT2D eigenvalue weighted by Crippen LogP contribution is -2.57. The number of rotatable bonds is 5. The van der Waals surface area contributed by atoms with Gasteiger partial charge in [-0.25, -0.2) is 4.79 Å². The minimum atomic E-state index is -0.697. The molecule has 2 atom stereocenters. The van der Waals surface area contributed by atoms with Crippen LogP contribution in [0.3, 0.4) is 0 Å². The molecule has 8 nitrogen and oxygen atoms in total. The van der Waals surface area contributed by atoms with E-state index in [4.69, 9.17) is 10.00 Å². The number of carbonyl (C=O) groups is 2. The van der Waals surface area contributed by atoms with Gasteiger partial charge in [0.1, 0.15) is 17.4 Å². The molecule has 2 N–H and O–H groups in total. The summed E-state index contributed by atoms with van der Waals surface area (Å²) in [7, 11) is 0. The van der Waals surface area contributed by atoms with E-state index in [1.807, 2.05) is 6.07 Å². The standard InChI is InChI=1S/C26H38N4O4/c1-17(2)22(16-29-10-8-18(14-27)9-11-29)28-24(32)23-13-19-6-7-21(31)12-20(19)15-30(23)25(33)34-26(3,4)5/h6-7,12,17-18,22-23,31H,8-11,13,15-16H2,1-5H3,(H,28,32)/t22-,23-/m1/s1. The fourth-order valence-corrected chi connectivity index (χ4v) is 4.54. The molecule has 2 heterocycles. The molecular formula is C26H38N4O4. The third-order valence-corrected chi connectivity index (χ3v) is 6.61. The van der Waals surface area contributed by atoms with Crippen molar-refractivity contribution in [2.45, 2.75) is 78.1 Å². The third-order valence-electron chi connectivity index (χ3n) is 6.61. The van der Waals surface area contributed by atoms with Crippen LogP contribution in [0.5, 0.6) is 5.75 Å². The zero-order valence-electron chi connectivity index (χ0n) is 21.0. The molecule has 2 aliphatic heterocycles. The highest BCUT2D eigenvalue weighted by Gasteiger charge is 2.38. The maximum Gasteiger partial charge on any atom is 0.411 e. The molecule has 0 unspecified atom stereocenters. The number of fused-ring (bicyclic) bond motifs is 1. The summed E-state index contributed by atoms with van der Waals surface area (Å²) in [6, 6.07) is 6.65. The molecule has 8 heteroatoms. The van der Waals surface area contributed by atoms with E-state index in [1.54, 1.807) is 32.9 Å². The van der Waals surface area contributed by atoms with E-state index >= 15 is 0 Å². The molecule has 0 bridgehead atoms. The lowest BCUT2D eigenvalue weighted by Gasteiger charge is -2.39. The van der Waals surface area contributed by atoms with Crippen LogP contribution >= 0.6 is 0 Å². The number of aromatic hydroxyl groups is 1. The fraction of sp³-hybridized carbons (Fsp3) is 0.654. The summed E-state index contributed by atoms with van der Waals surface area (Å²) in [5.74, 6) is 0.258. The summed E-state index contributed by atoms with van der Waals surface area (Å²) in [6.07, 6.45) is 1.53. The van der Waals surface area contributed by atoms with Crippen molar-refractivity contribution in [3.63, 3.8) is 0 Å².